The number of rotatable bonds is 2. The highest BCUT2D eigenvalue weighted by molar-refractivity contribution is 5.19. The maximum absolute atomic E-state index is 11.7. The molecule has 0 radical (unpaired) electrons. The van der Waals surface area contributed by atoms with Crippen LogP contribution in [0.25, 0.3) is 0 Å². The van der Waals surface area contributed by atoms with Gasteiger partial charge in [-0.1, -0.05) is 33.8 Å². The lowest BCUT2D eigenvalue weighted by atomic mass is 10.0. The van der Waals surface area contributed by atoms with Crippen LogP contribution in [0.15, 0.2) is 16.9 Å². The highest BCUT2D eigenvalue weighted by Crippen LogP contribution is 2.15. The van der Waals surface area contributed by atoms with Gasteiger partial charge in [0.15, 0.2) is 0 Å². The molecule has 78 valence electrons. The second kappa shape index (κ2) is 3.86. The van der Waals surface area contributed by atoms with Gasteiger partial charge in [-0.05, 0) is 16.7 Å². The minimum atomic E-state index is -0.189. The van der Waals surface area contributed by atoms with E-state index in [-0.39, 0.29) is 17.4 Å². The fourth-order valence-corrected chi connectivity index (χ4v) is 1.46. The van der Waals surface area contributed by atoms with E-state index in [9.17, 15) is 4.79 Å². The van der Waals surface area contributed by atoms with Crippen LogP contribution in [-0.4, -0.2) is 9.94 Å². The molecule has 0 fully saturated rings. The van der Waals surface area contributed by atoms with Gasteiger partial charge in [-0.3, -0.25) is 4.79 Å². The highest BCUT2D eigenvalue weighted by atomic mass is 16.5. The first-order chi connectivity index (χ1) is 6.45. The lowest BCUT2D eigenvalue weighted by Crippen LogP contribution is -2.25. The molecule has 2 N–H and O–H groups in total. The standard InChI is InChI=1S/C11H17NO2/c1-7(2)9-5-6-10(8(3)4)12(14)11(9)13/h5-8,14H,1-4H3/p+1. The maximum atomic E-state index is 11.7. The number of nitrogens with zero attached hydrogens (tertiary/aromatic N) is 1. The van der Waals surface area contributed by atoms with E-state index < -0.39 is 0 Å². The van der Waals surface area contributed by atoms with E-state index in [1.165, 1.54) is 0 Å². The van der Waals surface area contributed by atoms with Gasteiger partial charge in [0.2, 0.25) is 0 Å². The molecule has 14 heavy (non-hydrogen) atoms. The van der Waals surface area contributed by atoms with Gasteiger partial charge in [-0.25, -0.2) is 0 Å². The minimum Gasteiger partial charge on any atom is -0.485 e. The fourth-order valence-electron chi connectivity index (χ4n) is 1.46. The van der Waals surface area contributed by atoms with Gasteiger partial charge in [0.05, 0.1) is 0 Å². The first kappa shape index (κ1) is 10.8. The van der Waals surface area contributed by atoms with Gasteiger partial charge in [0.1, 0.15) is 5.69 Å². The molecule has 0 spiro atoms. The van der Waals surface area contributed by atoms with Crippen LogP contribution in [0.4, 0.5) is 0 Å². The van der Waals surface area contributed by atoms with Gasteiger partial charge < -0.3 is 5.21 Å². The summed E-state index contributed by atoms with van der Waals surface area (Å²) in [5, 5.41) is 7.66. The van der Waals surface area contributed by atoms with E-state index in [1.807, 2.05) is 39.8 Å². The molecule has 3 nitrogen and oxygen atoms in total. The van der Waals surface area contributed by atoms with Crippen molar-refractivity contribution in [2.75, 3.05) is 0 Å². The molecule has 0 aliphatic heterocycles. The molecular formula is C11H18NO2+. The Bertz CT molecular complexity index is 377. The molecule has 1 aromatic rings. The average molecular weight is 196 g/mol. The van der Waals surface area contributed by atoms with Crippen molar-refractivity contribution in [3.63, 3.8) is 0 Å². The Morgan fingerprint density at radius 1 is 1.14 bits per heavy atom. The van der Waals surface area contributed by atoms with Crippen molar-refractivity contribution in [1.82, 2.24) is 4.73 Å². The molecule has 1 rings (SSSR count). The molecular weight excluding hydrogens is 178 g/mol. The molecule has 0 aliphatic carbocycles. The molecule has 0 aliphatic rings. The van der Waals surface area contributed by atoms with Gasteiger partial charge in [-0.15, -0.1) is 0 Å². The Labute approximate surface area is 84.0 Å². The van der Waals surface area contributed by atoms with Gasteiger partial charge in [-0.2, -0.15) is 0 Å². The Morgan fingerprint density at radius 2 is 1.71 bits per heavy atom. The van der Waals surface area contributed by atoms with E-state index in [0.717, 1.165) is 10.4 Å². The first-order valence-corrected chi connectivity index (χ1v) is 4.92. The smallest absolute Gasteiger partial charge is 0.328 e. The van der Waals surface area contributed by atoms with Crippen LogP contribution >= 0.6 is 0 Å². The monoisotopic (exact) mass is 196 g/mol. The number of hydrogen-bond donors (Lipinski definition) is 0. The summed E-state index contributed by atoms with van der Waals surface area (Å²) in [4.78, 5) is 11.7. The number of hydrogen-bond acceptors (Lipinski definition) is 1. The molecule has 0 atom stereocenters. The Kier molecular flexibility index (Phi) is 2.99. The third-order valence-electron chi connectivity index (χ3n) is 2.36. The predicted octanol–water partition coefficient (Wildman–Crippen LogP) is 1.58. The van der Waals surface area contributed by atoms with Crippen LogP contribution in [0.2, 0.25) is 0 Å². The summed E-state index contributed by atoms with van der Waals surface area (Å²) < 4.78 is 1.01. The third kappa shape index (κ3) is 1.81. The molecule has 3 heteroatoms. The summed E-state index contributed by atoms with van der Waals surface area (Å²) in [7, 11) is 0. The largest absolute Gasteiger partial charge is 0.485 e. The summed E-state index contributed by atoms with van der Waals surface area (Å²) in [6, 6.07) is 3.71. The summed E-state index contributed by atoms with van der Waals surface area (Å²) in [6.07, 6.45) is 0. The normalized spacial score (nSPS) is 11.3. The minimum absolute atomic E-state index is 0.181. The molecule has 1 heterocycles. The van der Waals surface area contributed by atoms with Gasteiger partial charge in [0, 0.05) is 11.5 Å². The molecule has 0 saturated carbocycles. The van der Waals surface area contributed by atoms with Crippen molar-refractivity contribution >= 4 is 0 Å². The number of aromatic nitrogens is 1. The zero-order chi connectivity index (χ0) is 10.9. The van der Waals surface area contributed by atoms with Crippen LogP contribution < -0.4 is 5.56 Å². The topological polar surface area (TPSA) is 44.9 Å². The van der Waals surface area contributed by atoms with Gasteiger partial charge in [0.25, 0.3) is 0 Å². The fraction of sp³-hybridized carbons (Fsp3) is 0.545. The SMILES string of the molecule is CC(C)c1ccc(C(C)C)n([OH2+])c1=O. The van der Waals surface area contributed by atoms with Crippen molar-refractivity contribution in [2.45, 2.75) is 39.5 Å². The van der Waals surface area contributed by atoms with E-state index >= 15 is 0 Å². The third-order valence-corrected chi connectivity index (χ3v) is 2.36. The van der Waals surface area contributed by atoms with Crippen molar-refractivity contribution in [2.24, 2.45) is 0 Å². The van der Waals surface area contributed by atoms with E-state index in [4.69, 9.17) is 5.21 Å². The summed E-state index contributed by atoms with van der Waals surface area (Å²) in [6.45, 7) is 7.89. The zero-order valence-electron chi connectivity index (χ0n) is 9.16. The van der Waals surface area contributed by atoms with Crippen LogP contribution in [0.3, 0.4) is 0 Å². The summed E-state index contributed by atoms with van der Waals surface area (Å²) in [5.74, 6) is 0.390. The lowest BCUT2D eigenvalue weighted by molar-refractivity contribution is 0.161. The van der Waals surface area contributed by atoms with E-state index in [1.54, 1.807) is 0 Å². The van der Waals surface area contributed by atoms with Crippen LogP contribution in [-0.2, 0) is 0 Å². The second-order valence-electron chi connectivity index (χ2n) is 4.16. The van der Waals surface area contributed by atoms with Crippen molar-refractivity contribution in [1.29, 1.82) is 0 Å². The molecule has 0 unspecified atom stereocenters. The second-order valence-corrected chi connectivity index (χ2v) is 4.16. The molecule has 0 bridgehead atoms. The maximum Gasteiger partial charge on any atom is 0.328 e. The summed E-state index contributed by atoms with van der Waals surface area (Å²) in [5.41, 5.74) is 1.29. The predicted molar refractivity (Wildman–Crippen MR) is 57.9 cm³/mol. The van der Waals surface area contributed by atoms with Crippen molar-refractivity contribution in [3.8, 4) is 0 Å². The molecule has 0 aromatic carbocycles. The van der Waals surface area contributed by atoms with E-state index in [2.05, 4.69) is 0 Å². The Balaban J connectivity index is 3.34. The Morgan fingerprint density at radius 3 is 2.14 bits per heavy atom. The summed E-state index contributed by atoms with van der Waals surface area (Å²) >= 11 is 0. The van der Waals surface area contributed by atoms with Crippen LogP contribution in [0.5, 0.6) is 0 Å². The van der Waals surface area contributed by atoms with Crippen molar-refractivity contribution in [3.05, 3.63) is 33.7 Å². The number of pyridine rings is 1. The van der Waals surface area contributed by atoms with Gasteiger partial charge >= 0.3 is 5.56 Å². The molecule has 0 saturated heterocycles. The van der Waals surface area contributed by atoms with Crippen molar-refractivity contribution < 1.29 is 5.21 Å². The zero-order valence-corrected chi connectivity index (χ0v) is 9.16. The van der Waals surface area contributed by atoms with Crippen LogP contribution in [0, 0.1) is 0 Å². The highest BCUT2D eigenvalue weighted by Gasteiger charge is 2.14. The van der Waals surface area contributed by atoms with E-state index in [0.29, 0.717) is 5.56 Å². The average Bonchev–Trinajstić information content (AvgIpc) is 2.08. The first-order valence-electron chi connectivity index (χ1n) is 4.92. The molecule has 1 aromatic heterocycles. The Hall–Kier alpha value is -1.25. The lowest BCUT2D eigenvalue weighted by Gasteiger charge is -2.10. The molecule has 0 amide bonds. The van der Waals surface area contributed by atoms with Crippen LogP contribution in [0.1, 0.15) is 50.8 Å². The quantitative estimate of drug-likeness (QED) is 0.662.